The molecular weight excluding hydrogens is 294 g/mol. The third-order valence-corrected chi connectivity index (χ3v) is 4.01. The van der Waals surface area contributed by atoms with Crippen LogP contribution in [-0.4, -0.2) is 14.8 Å². The lowest BCUT2D eigenvalue weighted by Crippen LogP contribution is -2.23. The quantitative estimate of drug-likeness (QED) is 0.641. The number of aromatic nitrogens is 2. The molecule has 4 nitrogen and oxygen atoms in total. The minimum atomic E-state index is -0.262. The summed E-state index contributed by atoms with van der Waals surface area (Å²) in [5.41, 5.74) is 0.489. The van der Waals surface area contributed by atoms with E-state index in [0.29, 0.717) is 27.6 Å². The molecule has 1 atom stereocenters. The highest BCUT2D eigenvalue weighted by Gasteiger charge is 2.14. The normalized spacial score (nSPS) is 12.3. The predicted octanol–water partition coefficient (Wildman–Crippen LogP) is 3.46. The van der Waals surface area contributed by atoms with Crippen molar-refractivity contribution < 1.29 is 0 Å². The first-order valence-corrected chi connectivity index (χ1v) is 7.59. The first-order chi connectivity index (χ1) is 9.56. The van der Waals surface area contributed by atoms with E-state index in [4.69, 9.17) is 16.9 Å². The van der Waals surface area contributed by atoms with Crippen molar-refractivity contribution in [2.75, 3.05) is 0 Å². The Morgan fingerprint density at radius 3 is 2.95 bits per heavy atom. The van der Waals surface area contributed by atoms with Crippen LogP contribution in [0.5, 0.6) is 0 Å². The standard InChI is InChI=1S/C14H14ClN3OS/c1-3-6-18-13(19)11-5-4-10(15)7-12(11)17-14(18)20-9(2)8-16/h4-5,7,9H,3,6H2,1-2H3/t9-/m1/s1. The monoisotopic (exact) mass is 307 g/mol. The molecule has 0 N–H and O–H groups in total. The fourth-order valence-electron chi connectivity index (χ4n) is 1.87. The van der Waals surface area contributed by atoms with Gasteiger partial charge in [-0.3, -0.25) is 9.36 Å². The van der Waals surface area contributed by atoms with Gasteiger partial charge in [0.2, 0.25) is 0 Å². The maximum Gasteiger partial charge on any atom is 0.262 e. The maximum atomic E-state index is 12.5. The number of hydrogen-bond acceptors (Lipinski definition) is 4. The largest absolute Gasteiger partial charge is 0.287 e. The number of thioether (sulfide) groups is 1. The van der Waals surface area contributed by atoms with Gasteiger partial charge in [0.15, 0.2) is 5.16 Å². The number of hydrogen-bond donors (Lipinski definition) is 0. The molecule has 0 saturated carbocycles. The number of nitriles is 1. The van der Waals surface area contributed by atoms with Gasteiger partial charge >= 0.3 is 0 Å². The van der Waals surface area contributed by atoms with Gasteiger partial charge in [-0.2, -0.15) is 5.26 Å². The molecule has 1 heterocycles. The van der Waals surface area contributed by atoms with Crippen molar-refractivity contribution in [3.05, 3.63) is 33.6 Å². The number of rotatable bonds is 4. The van der Waals surface area contributed by atoms with Gasteiger partial charge in [0, 0.05) is 11.6 Å². The van der Waals surface area contributed by atoms with Crippen LogP contribution in [0.4, 0.5) is 0 Å². The molecule has 1 aromatic carbocycles. The van der Waals surface area contributed by atoms with Gasteiger partial charge in [-0.05, 0) is 31.5 Å². The van der Waals surface area contributed by atoms with Crippen LogP contribution < -0.4 is 5.56 Å². The molecule has 2 aromatic rings. The second kappa shape index (κ2) is 6.29. The van der Waals surface area contributed by atoms with Crippen molar-refractivity contribution in [3.8, 4) is 6.07 Å². The van der Waals surface area contributed by atoms with E-state index in [-0.39, 0.29) is 10.8 Å². The summed E-state index contributed by atoms with van der Waals surface area (Å²) in [6.45, 7) is 4.38. The topological polar surface area (TPSA) is 58.7 Å². The lowest BCUT2D eigenvalue weighted by molar-refractivity contribution is 0.584. The zero-order valence-corrected chi connectivity index (χ0v) is 12.8. The zero-order chi connectivity index (χ0) is 14.7. The van der Waals surface area contributed by atoms with E-state index in [1.165, 1.54) is 11.8 Å². The van der Waals surface area contributed by atoms with E-state index in [1.54, 1.807) is 29.7 Å². The van der Waals surface area contributed by atoms with Crippen LogP contribution in [0.3, 0.4) is 0 Å². The summed E-state index contributed by atoms with van der Waals surface area (Å²) in [4.78, 5) is 17.0. The molecule has 0 bridgehead atoms. The molecule has 6 heteroatoms. The molecule has 0 spiro atoms. The van der Waals surface area contributed by atoms with Gasteiger partial charge in [-0.25, -0.2) is 4.98 Å². The van der Waals surface area contributed by atoms with Gasteiger partial charge in [0.05, 0.1) is 22.2 Å². The molecule has 2 rings (SSSR count). The average molecular weight is 308 g/mol. The third-order valence-electron chi connectivity index (χ3n) is 2.79. The van der Waals surface area contributed by atoms with E-state index in [1.807, 2.05) is 6.92 Å². The van der Waals surface area contributed by atoms with E-state index in [2.05, 4.69) is 11.1 Å². The highest BCUT2D eigenvalue weighted by Crippen LogP contribution is 2.23. The minimum absolute atomic E-state index is 0.0823. The van der Waals surface area contributed by atoms with Gasteiger partial charge in [-0.1, -0.05) is 30.3 Å². The summed E-state index contributed by atoms with van der Waals surface area (Å²) >= 11 is 7.24. The van der Waals surface area contributed by atoms with Crippen molar-refractivity contribution >= 4 is 34.3 Å². The molecule has 0 unspecified atom stereocenters. The maximum absolute atomic E-state index is 12.5. The smallest absolute Gasteiger partial charge is 0.262 e. The second-order valence-corrected chi connectivity index (χ2v) is 6.15. The lowest BCUT2D eigenvalue weighted by atomic mass is 10.2. The molecule has 0 radical (unpaired) electrons. The Morgan fingerprint density at radius 2 is 2.30 bits per heavy atom. The SMILES string of the molecule is CCCn1c(S[C@H](C)C#N)nc2cc(Cl)ccc2c1=O. The number of fused-ring (bicyclic) bond motifs is 1. The van der Waals surface area contributed by atoms with E-state index >= 15 is 0 Å². The Hall–Kier alpha value is -1.51. The predicted molar refractivity (Wildman–Crippen MR) is 82.2 cm³/mol. The van der Waals surface area contributed by atoms with Crippen LogP contribution in [-0.2, 0) is 6.54 Å². The van der Waals surface area contributed by atoms with Crippen molar-refractivity contribution in [2.45, 2.75) is 37.2 Å². The van der Waals surface area contributed by atoms with Crippen molar-refractivity contribution in [1.29, 1.82) is 5.26 Å². The van der Waals surface area contributed by atoms with Gasteiger partial charge in [0.1, 0.15) is 0 Å². The Labute approximate surface area is 126 Å². The molecule has 20 heavy (non-hydrogen) atoms. The van der Waals surface area contributed by atoms with Crippen LogP contribution >= 0.6 is 23.4 Å². The molecule has 0 aliphatic carbocycles. The number of halogens is 1. The van der Waals surface area contributed by atoms with Gasteiger partial charge < -0.3 is 0 Å². The summed E-state index contributed by atoms with van der Waals surface area (Å²) in [5, 5.41) is 10.3. The van der Waals surface area contributed by atoms with Gasteiger partial charge in [-0.15, -0.1) is 0 Å². The van der Waals surface area contributed by atoms with Crippen LogP contribution in [0, 0.1) is 11.3 Å². The Kier molecular flexibility index (Phi) is 4.69. The fourth-order valence-corrected chi connectivity index (χ4v) is 2.86. The summed E-state index contributed by atoms with van der Waals surface area (Å²) in [7, 11) is 0. The van der Waals surface area contributed by atoms with Crippen LogP contribution in [0.1, 0.15) is 20.3 Å². The zero-order valence-electron chi connectivity index (χ0n) is 11.3. The first-order valence-electron chi connectivity index (χ1n) is 6.33. The molecular formula is C14H14ClN3OS. The Balaban J connectivity index is 2.67. The van der Waals surface area contributed by atoms with Crippen LogP contribution in [0.25, 0.3) is 10.9 Å². The van der Waals surface area contributed by atoms with Crippen molar-refractivity contribution in [2.24, 2.45) is 0 Å². The van der Waals surface area contributed by atoms with Crippen LogP contribution in [0.15, 0.2) is 28.2 Å². The molecule has 1 aromatic heterocycles. The molecule has 0 amide bonds. The number of benzene rings is 1. The first kappa shape index (κ1) is 14.9. The number of nitrogens with zero attached hydrogens (tertiary/aromatic N) is 3. The summed E-state index contributed by atoms with van der Waals surface area (Å²) in [6, 6.07) is 7.20. The third kappa shape index (κ3) is 2.97. The van der Waals surface area contributed by atoms with Gasteiger partial charge in [0.25, 0.3) is 5.56 Å². The average Bonchev–Trinajstić information content (AvgIpc) is 2.42. The molecule has 0 saturated heterocycles. The Morgan fingerprint density at radius 1 is 1.55 bits per heavy atom. The van der Waals surface area contributed by atoms with E-state index in [0.717, 1.165) is 6.42 Å². The lowest BCUT2D eigenvalue weighted by Gasteiger charge is -2.12. The fraction of sp³-hybridized carbons (Fsp3) is 0.357. The Bertz CT molecular complexity index is 736. The molecule has 0 fully saturated rings. The molecule has 0 aliphatic heterocycles. The van der Waals surface area contributed by atoms with E-state index < -0.39 is 0 Å². The van der Waals surface area contributed by atoms with Crippen molar-refractivity contribution in [1.82, 2.24) is 9.55 Å². The molecule has 104 valence electrons. The second-order valence-electron chi connectivity index (χ2n) is 4.40. The molecule has 0 aliphatic rings. The van der Waals surface area contributed by atoms with Crippen LogP contribution in [0.2, 0.25) is 5.02 Å². The summed E-state index contributed by atoms with van der Waals surface area (Å²) in [6.07, 6.45) is 0.829. The van der Waals surface area contributed by atoms with E-state index in [9.17, 15) is 4.79 Å². The minimum Gasteiger partial charge on any atom is -0.287 e. The summed E-state index contributed by atoms with van der Waals surface area (Å²) < 4.78 is 1.63. The highest BCUT2D eigenvalue weighted by atomic mass is 35.5. The van der Waals surface area contributed by atoms with Crippen molar-refractivity contribution in [3.63, 3.8) is 0 Å². The highest BCUT2D eigenvalue weighted by molar-refractivity contribution is 8.00. The summed E-state index contributed by atoms with van der Waals surface area (Å²) in [5.74, 6) is 0.